The van der Waals surface area contributed by atoms with Crippen LogP contribution < -0.4 is 11.1 Å². The molecule has 3 N–H and O–H groups in total. The second kappa shape index (κ2) is 6.79. The standard InChI is InChI=1S/C14H19FN2O/c1-3-12(10(2)16)14(18)17-9-8-11-6-4-5-7-13(11)15/h4-7H,3,8-9,16H2,1-2H3,(H,17,18)/b12-10+. The Morgan fingerprint density at radius 1 is 1.39 bits per heavy atom. The van der Waals surface area contributed by atoms with Crippen LogP contribution in [0.15, 0.2) is 35.5 Å². The summed E-state index contributed by atoms with van der Waals surface area (Å²) < 4.78 is 13.3. The maximum atomic E-state index is 13.3. The lowest BCUT2D eigenvalue weighted by molar-refractivity contribution is -0.117. The van der Waals surface area contributed by atoms with Crippen LogP contribution in [0.5, 0.6) is 0 Å². The van der Waals surface area contributed by atoms with E-state index >= 15 is 0 Å². The second-order valence-electron chi connectivity index (χ2n) is 4.11. The summed E-state index contributed by atoms with van der Waals surface area (Å²) in [6.45, 7) is 3.98. The molecule has 18 heavy (non-hydrogen) atoms. The van der Waals surface area contributed by atoms with Gasteiger partial charge in [0, 0.05) is 17.8 Å². The average Bonchev–Trinajstić information content (AvgIpc) is 2.32. The highest BCUT2D eigenvalue weighted by Crippen LogP contribution is 2.07. The molecule has 0 heterocycles. The minimum atomic E-state index is -0.243. The van der Waals surface area contributed by atoms with Crippen molar-refractivity contribution >= 4 is 5.91 Å². The lowest BCUT2D eigenvalue weighted by Gasteiger charge is -2.09. The largest absolute Gasteiger partial charge is 0.402 e. The van der Waals surface area contributed by atoms with Crippen LogP contribution in [0.25, 0.3) is 0 Å². The summed E-state index contributed by atoms with van der Waals surface area (Å²) in [5, 5.41) is 2.75. The highest BCUT2D eigenvalue weighted by Gasteiger charge is 2.09. The van der Waals surface area contributed by atoms with Crippen molar-refractivity contribution in [2.24, 2.45) is 5.73 Å². The number of halogens is 1. The number of hydrogen-bond acceptors (Lipinski definition) is 2. The van der Waals surface area contributed by atoms with Crippen molar-refractivity contribution in [3.8, 4) is 0 Å². The third-order valence-electron chi connectivity index (χ3n) is 2.74. The number of carbonyl (C=O) groups is 1. The van der Waals surface area contributed by atoms with Gasteiger partial charge in [0.05, 0.1) is 0 Å². The lowest BCUT2D eigenvalue weighted by atomic mass is 10.1. The van der Waals surface area contributed by atoms with Crippen LogP contribution in [0.1, 0.15) is 25.8 Å². The third kappa shape index (κ3) is 3.87. The van der Waals surface area contributed by atoms with Gasteiger partial charge in [0.15, 0.2) is 0 Å². The zero-order valence-electron chi connectivity index (χ0n) is 10.8. The van der Waals surface area contributed by atoms with Gasteiger partial charge in [-0.25, -0.2) is 4.39 Å². The molecule has 98 valence electrons. The fourth-order valence-electron chi connectivity index (χ4n) is 1.74. The Hall–Kier alpha value is -1.84. The van der Waals surface area contributed by atoms with Gasteiger partial charge in [-0.05, 0) is 31.4 Å². The predicted octanol–water partition coefficient (Wildman–Crippen LogP) is 2.13. The molecular formula is C14H19FN2O. The van der Waals surface area contributed by atoms with Gasteiger partial charge >= 0.3 is 0 Å². The van der Waals surface area contributed by atoms with Crippen LogP contribution in [0.2, 0.25) is 0 Å². The molecule has 0 aliphatic rings. The Bertz CT molecular complexity index is 451. The minimum Gasteiger partial charge on any atom is -0.402 e. The van der Waals surface area contributed by atoms with Crippen LogP contribution >= 0.6 is 0 Å². The summed E-state index contributed by atoms with van der Waals surface area (Å²) in [6, 6.07) is 6.56. The molecular weight excluding hydrogens is 231 g/mol. The van der Waals surface area contributed by atoms with Gasteiger partial charge in [0.1, 0.15) is 5.82 Å². The van der Waals surface area contributed by atoms with E-state index in [1.54, 1.807) is 25.1 Å². The highest BCUT2D eigenvalue weighted by atomic mass is 19.1. The van der Waals surface area contributed by atoms with Crippen molar-refractivity contribution in [2.75, 3.05) is 6.54 Å². The quantitative estimate of drug-likeness (QED) is 0.786. The lowest BCUT2D eigenvalue weighted by Crippen LogP contribution is -2.28. The normalized spacial score (nSPS) is 11.9. The van der Waals surface area contributed by atoms with Crippen molar-refractivity contribution in [3.05, 3.63) is 46.9 Å². The number of allylic oxidation sites excluding steroid dienone is 1. The van der Waals surface area contributed by atoms with Crippen LogP contribution in [-0.2, 0) is 11.2 Å². The minimum absolute atomic E-state index is 0.172. The molecule has 3 nitrogen and oxygen atoms in total. The van der Waals surface area contributed by atoms with Gasteiger partial charge in [0.2, 0.25) is 5.91 Å². The Morgan fingerprint density at radius 2 is 2.06 bits per heavy atom. The molecule has 1 amide bonds. The second-order valence-corrected chi connectivity index (χ2v) is 4.11. The van der Waals surface area contributed by atoms with Crippen LogP contribution in [-0.4, -0.2) is 12.5 Å². The van der Waals surface area contributed by atoms with E-state index in [2.05, 4.69) is 5.32 Å². The number of amides is 1. The molecule has 0 unspecified atom stereocenters. The molecule has 4 heteroatoms. The van der Waals surface area contributed by atoms with E-state index < -0.39 is 0 Å². The van der Waals surface area contributed by atoms with Crippen molar-refractivity contribution < 1.29 is 9.18 Å². The smallest absolute Gasteiger partial charge is 0.248 e. The maximum Gasteiger partial charge on any atom is 0.248 e. The van der Waals surface area contributed by atoms with Crippen molar-refractivity contribution in [2.45, 2.75) is 26.7 Å². The zero-order valence-corrected chi connectivity index (χ0v) is 10.8. The first-order chi connectivity index (χ1) is 8.56. The first kappa shape index (κ1) is 14.2. The topological polar surface area (TPSA) is 55.1 Å². The molecule has 0 bridgehead atoms. The van der Waals surface area contributed by atoms with E-state index in [1.165, 1.54) is 6.07 Å². The monoisotopic (exact) mass is 250 g/mol. The fraction of sp³-hybridized carbons (Fsp3) is 0.357. The molecule has 0 saturated heterocycles. The summed E-state index contributed by atoms with van der Waals surface area (Å²) in [4.78, 5) is 11.7. The molecule has 0 radical (unpaired) electrons. The van der Waals surface area contributed by atoms with Crippen molar-refractivity contribution in [1.29, 1.82) is 0 Å². The zero-order chi connectivity index (χ0) is 13.5. The van der Waals surface area contributed by atoms with Gasteiger partial charge in [0.25, 0.3) is 0 Å². The Balaban J connectivity index is 2.50. The number of nitrogens with two attached hydrogens (primary N) is 1. The summed E-state index contributed by atoms with van der Waals surface area (Å²) in [5.74, 6) is -0.415. The van der Waals surface area contributed by atoms with Crippen molar-refractivity contribution in [3.63, 3.8) is 0 Å². The molecule has 1 aromatic rings. The van der Waals surface area contributed by atoms with E-state index in [1.807, 2.05) is 6.92 Å². The van der Waals surface area contributed by atoms with Gasteiger partial charge < -0.3 is 11.1 Å². The number of benzene rings is 1. The summed E-state index contributed by atoms with van der Waals surface area (Å²) in [5.41, 5.74) is 7.33. The highest BCUT2D eigenvalue weighted by molar-refractivity contribution is 5.93. The van der Waals surface area contributed by atoms with Gasteiger partial charge in [-0.2, -0.15) is 0 Å². The summed E-state index contributed by atoms with van der Waals surface area (Å²) >= 11 is 0. The van der Waals surface area contributed by atoms with Crippen LogP contribution in [0.4, 0.5) is 4.39 Å². The first-order valence-electron chi connectivity index (χ1n) is 6.03. The van der Waals surface area contributed by atoms with Gasteiger partial charge in [-0.15, -0.1) is 0 Å². The SMILES string of the molecule is CC/C(C(=O)NCCc1ccccc1F)=C(/C)N. The van der Waals surface area contributed by atoms with E-state index in [0.717, 1.165) is 0 Å². The summed E-state index contributed by atoms with van der Waals surface area (Å²) in [7, 11) is 0. The molecule has 0 spiro atoms. The molecule has 0 fully saturated rings. The average molecular weight is 250 g/mol. The number of hydrogen-bond donors (Lipinski definition) is 2. The third-order valence-corrected chi connectivity index (χ3v) is 2.74. The predicted molar refractivity (Wildman–Crippen MR) is 70.3 cm³/mol. The van der Waals surface area contributed by atoms with E-state index in [4.69, 9.17) is 5.73 Å². The number of carbonyl (C=O) groups excluding carboxylic acids is 1. The van der Waals surface area contributed by atoms with E-state index in [9.17, 15) is 9.18 Å². The number of nitrogens with one attached hydrogen (secondary N) is 1. The van der Waals surface area contributed by atoms with Crippen LogP contribution in [0.3, 0.4) is 0 Å². The Kier molecular flexibility index (Phi) is 5.36. The maximum absolute atomic E-state index is 13.3. The fourth-order valence-corrected chi connectivity index (χ4v) is 1.74. The number of rotatable bonds is 5. The molecule has 0 aromatic heterocycles. The van der Waals surface area contributed by atoms with E-state index in [-0.39, 0.29) is 11.7 Å². The van der Waals surface area contributed by atoms with Gasteiger partial charge in [-0.3, -0.25) is 4.79 Å². The Morgan fingerprint density at radius 3 is 2.61 bits per heavy atom. The molecule has 0 saturated carbocycles. The van der Waals surface area contributed by atoms with Crippen molar-refractivity contribution in [1.82, 2.24) is 5.32 Å². The Labute approximate surface area is 107 Å². The molecule has 0 atom stereocenters. The first-order valence-corrected chi connectivity index (χ1v) is 6.03. The van der Waals surface area contributed by atoms with Gasteiger partial charge in [-0.1, -0.05) is 25.1 Å². The molecule has 0 aliphatic heterocycles. The molecule has 1 aromatic carbocycles. The molecule has 1 rings (SSSR count). The summed E-state index contributed by atoms with van der Waals surface area (Å²) in [6.07, 6.45) is 1.06. The molecule has 0 aliphatic carbocycles. The van der Waals surface area contributed by atoms with Crippen LogP contribution in [0, 0.1) is 5.82 Å². The van der Waals surface area contributed by atoms with E-state index in [0.29, 0.717) is 36.2 Å².